The third-order valence-electron chi connectivity index (χ3n) is 3.24. The summed E-state index contributed by atoms with van der Waals surface area (Å²) in [4.78, 5) is 4.55. The highest BCUT2D eigenvalue weighted by Crippen LogP contribution is 2.34. The standard InChI is InChI=1S/C13H22N2S/c1-3-14-12(7-6-11-4-5-11)8-13-9-16-10(2)15-13/h9,11-12,14H,3-8H2,1-2H3. The van der Waals surface area contributed by atoms with E-state index in [9.17, 15) is 0 Å². The molecule has 1 unspecified atom stereocenters. The monoisotopic (exact) mass is 238 g/mol. The van der Waals surface area contributed by atoms with Crippen LogP contribution in [0.1, 0.15) is 43.3 Å². The molecule has 0 radical (unpaired) electrons. The molecule has 0 aliphatic heterocycles. The molecule has 3 heteroatoms. The molecule has 1 aliphatic carbocycles. The van der Waals surface area contributed by atoms with Crippen molar-refractivity contribution in [1.29, 1.82) is 0 Å². The van der Waals surface area contributed by atoms with E-state index < -0.39 is 0 Å². The molecule has 1 aliphatic rings. The molecular formula is C13H22N2S. The van der Waals surface area contributed by atoms with Gasteiger partial charge in [0, 0.05) is 17.8 Å². The summed E-state index contributed by atoms with van der Waals surface area (Å²) in [7, 11) is 0. The predicted octanol–water partition coefficient (Wildman–Crippen LogP) is 3.16. The highest BCUT2D eigenvalue weighted by atomic mass is 32.1. The zero-order chi connectivity index (χ0) is 11.4. The zero-order valence-electron chi connectivity index (χ0n) is 10.3. The van der Waals surface area contributed by atoms with Gasteiger partial charge in [-0.2, -0.15) is 0 Å². The molecule has 1 aromatic heterocycles. The van der Waals surface area contributed by atoms with Crippen LogP contribution in [-0.4, -0.2) is 17.6 Å². The first-order chi connectivity index (χ1) is 7.78. The van der Waals surface area contributed by atoms with Gasteiger partial charge in [-0.25, -0.2) is 4.98 Å². The van der Waals surface area contributed by atoms with Crippen LogP contribution in [0.2, 0.25) is 0 Å². The summed E-state index contributed by atoms with van der Waals surface area (Å²) >= 11 is 1.76. The van der Waals surface area contributed by atoms with Crippen molar-refractivity contribution in [3.63, 3.8) is 0 Å². The van der Waals surface area contributed by atoms with Crippen LogP contribution in [-0.2, 0) is 6.42 Å². The van der Waals surface area contributed by atoms with E-state index in [0.29, 0.717) is 6.04 Å². The fourth-order valence-electron chi connectivity index (χ4n) is 2.16. The Kier molecular flexibility index (Phi) is 4.36. The lowest BCUT2D eigenvalue weighted by atomic mass is 10.0. The van der Waals surface area contributed by atoms with Gasteiger partial charge >= 0.3 is 0 Å². The molecule has 2 rings (SSSR count). The van der Waals surface area contributed by atoms with Crippen LogP contribution >= 0.6 is 11.3 Å². The van der Waals surface area contributed by atoms with E-state index in [4.69, 9.17) is 0 Å². The molecule has 0 bridgehead atoms. The van der Waals surface area contributed by atoms with Crippen molar-refractivity contribution < 1.29 is 0 Å². The third kappa shape index (κ3) is 3.87. The van der Waals surface area contributed by atoms with Gasteiger partial charge in [-0.05, 0) is 32.2 Å². The maximum atomic E-state index is 4.55. The number of likely N-dealkylation sites (N-methyl/N-ethyl adjacent to an activating group) is 1. The maximum Gasteiger partial charge on any atom is 0.0897 e. The number of aromatic nitrogens is 1. The Morgan fingerprint density at radius 3 is 2.94 bits per heavy atom. The van der Waals surface area contributed by atoms with Gasteiger partial charge < -0.3 is 5.32 Å². The van der Waals surface area contributed by atoms with Gasteiger partial charge in [-0.15, -0.1) is 11.3 Å². The first-order valence-electron chi connectivity index (χ1n) is 6.42. The van der Waals surface area contributed by atoms with Gasteiger partial charge in [0.25, 0.3) is 0 Å². The minimum atomic E-state index is 0.632. The van der Waals surface area contributed by atoms with Crippen LogP contribution in [0.25, 0.3) is 0 Å². The van der Waals surface area contributed by atoms with Crippen LogP contribution < -0.4 is 5.32 Å². The molecule has 90 valence electrons. The largest absolute Gasteiger partial charge is 0.314 e. The number of nitrogens with zero attached hydrogens (tertiary/aromatic N) is 1. The van der Waals surface area contributed by atoms with Gasteiger partial charge in [0.2, 0.25) is 0 Å². The fourth-order valence-corrected chi connectivity index (χ4v) is 2.79. The topological polar surface area (TPSA) is 24.9 Å². The average Bonchev–Trinajstić information content (AvgIpc) is 3.00. The number of hydrogen-bond acceptors (Lipinski definition) is 3. The number of aryl methyl sites for hydroxylation is 1. The van der Waals surface area contributed by atoms with E-state index in [0.717, 1.165) is 18.9 Å². The molecule has 16 heavy (non-hydrogen) atoms. The van der Waals surface area contributed by atoms with Crippen LogP contribution in [0.15, 0.2) is 5.38 Å². The molecule has 1 N–H and O–H groups in total. The lowest BCUT2D eigenvalue weighted by Gasteiger charge is -2.16. The van der Waals surface area contributed by atoms with Crippen molar-refractivity contribution in [1.82, 2.24) is 10.3 Å². The van der Waals surface area contributed by atoms with E-state index >= 15 is 0 Å². The van der Waals surface area contributed by atoms with E-state index in [1.807, 2.05) is 0 Å². The van der Waals surface area contributed by atoms with E-state index in [2.05, 4.69) is 29.5 Å². The summed E-state index contributed by atoms with van der Waals surface area (Å²) < 4.78 is 0. The minimum Gasteiger partial charge on any atom is -0.314 e. The first-order valence-corrected chi connectivity index (χ1v) is 7.30. The summed E-state index contributed by atoms with van der Waals surface area (Å²) in [6.45, 7) is 5.34. The first kappa shape index (κ1) is 12.1. The van der Waals surface area contributed by atoms with Gasteiger partial charge in [-0.3, -0.25) is 0 Å². The number of hydrogen-bond donors (Lipinski definition) is 1. The molecule has 0 saturated heterocycles. The summed E-state index contributed by atoms with van der Waals surface area (Å²) in [6, 6.07) is 0.632. The summed E-state index contributed by atoms with van der Waals surface area (Å²) in [5, 5.41) is 6.98. The second-order valence-electron chi connectivity index (χ2n) is 4.84. The summed E-state index contributed by atoms with van der Waals surface area (Å²) in [6.07, 6.45) is 6.75. The molecule has 1 aromatic rings. The predicted molar refractivity (Wildman–Crippen MR) is 70.0 cm³/mol. The van der Waals surface area contributed by atoms with Crippen molar-refractivity contribution in [2.45, 2.75) is 52.0 Å². The van der Waals surface area contributed by atoms with Crippen molar-refractivity contribution in [2.24, 2.45) is 5.92 Å². The highest BCUT2D eigenvalue weighted by Gasteiger charge is 2.22. The Hall–Kier alpha value is -0.410. The van der Waals surface area contributed by atoms with Crippen molar-refractivity contribution in [3.8, 4) is 0 Å². The second kappa shape index (κ2) is 5.78. The van der Waals surface area contributed by atoms with Gasteiger partial charge in [0.1, 0.15) is 0 Å². The Labute approximate surface area is 102 Å². The fraction of sp³-hybridized carbons (Fsp3) is 0.769. The molecule has 1 atom stereocenters. The second-order valence-corrected chi connectivity index (χ2v) is 5.90. The lowest BCUT2D eigenvalue weighted by molar-refractivity contribution is 0.459. The molecule has 1 saturated carbocycles. The molecule has 1 fully saturated rings. The van der Waals surface area contributed by atoms with Crippen molar-refractivity contribution >= 4 is 11.3 Å². The summed E-state index contributed by atoms with van der Waals surface area (Å²) in [5.41, 5.74) is 1.27. The number of nitrogens with one attached hydrogen (secondary N) is 1. The van der Waals surface area contributed by atoms with Crippen LogP contribution in [0.5, 0.6) is 0 Å². The molecule has 0 spiro atoms. The number of thiazole rings is 1. The highest BCUT2D eigenvalue weighted by molar-refractivity contribution is 7.09. The smallest absolute Gasteiger partial charge is 0.0897 e. The van der Waals surface area contributed by atoms with Crippen molar-refractivity contribution in [2.75, 3.05) is 6.54 Å². The quantitative estimate of drug-likeness (QED) is 0.789. The third-order valence-corrected chi connectivity index (χ3v) is 4.06. The molecule has 0 amide bonds. The van der Waals surface area contributed by atoms with Crippen LogP contribution in [0, 0.1) is 12.8 Å². The Balaban J connectivity index is 1.80. The van der Waals surface area contributed by atoms with E-state index in [1.165, 1.54) is 36.4 Å². The minimum absolute atomic E-state index is 0.632. The van der Waals surface area contributed by atoms with E-state index in [-0.39, 0.29) is 0 Å². The zero-order valence-corrected chi connectivity index (χ0v) is 11.1. The van der Waals surface area contributed by atoms with Crippen LogP contribution in [0.3, 0.4) is 0 Å². The Bertz CT molecular complexity index is 317. The lowest BCUT2D eigenvalue weighted by Crippen LogP contribution is -2.31. The normalized spacial score (nSPS) is 17.6. The summed E-state index contributed by atoms with van der Waals surface area (Å²) in [5.74, 6) is 1.04. The van der Waals surface area contributed by atoms with Gasteiger partial charge in [0.15, 0.2) is 0 Å². The molecule has 1 heterocycles. The van der Waals surface area contributed by atoms with Crippen LogP contribution in [0.4, 0.5) is 0 Å². The molecular weight excluding hydrogens is 216 g/mol. The van der Waals surface area contributed by atoms with Gasteiger partial charge in [-0.1, -0.05) is 19.8 Å². The van der Waals surface area contributed by atoms with Crippen molar-refractivity contribution in [3.05, 3.63) is 16.1 Å². The average molecular weight is 238 g/mol. The Morgan fingerprint density at radius 2 is 2.38 bits per heavy atom. The Morgan fingerprint density at radius 1 is 1.56 bits per heavy atom. The van der Waals surface area contributed by atoms with E-state index in [1.54, 1.807) is 11.3 Å². The molecule has 0 aromatic carbocycles. The van der Waals surface area contributed by atoms with Gasteiger partial charge in [0.05, 0.1) is 10.7 Å². The number of rotatable bonds is 7. The maximum absolute atomic E-state index is 4.55. The molecule has 2 nitrogen and oxygen atoms in total. The SMILES string of the molecule is CCNC(CCC1CC1)Cc1csc(C)n1.